The SMILES string of the molecule is CC(=O)N1CC(NC(=O)c2ccccc2)C(=O)N(CC(=O)N[C@@H](CC(=O)O)C(=O)c2nc3cc(Cl)cc(Cl)c3o2)c2ccccc21. The molecule has 15 heteroatoms. The largest absolute Gasteiger partial charge is 0.481 e. The van der Waals surface area contributed by atoms with Crippen molar-refractivity contribution < 1.29 is 38.3 Å². The number of carboxylic acids is 1. The van der Waals surface area contributed by atoms with Gasteiger partial charge in [-0.2, -0.15) is 0 Å². The Morgan fingerprint density at radius 1 is 1.02 bits per heavy atom. The molecule has 5 rings (SSSR count). The summed E-state index contributed by atoms with van der Waals surface area (Å²) >= 11 is 12.1. The van der Waals surface area contributed by atoms with E-state index >= 15 is 0 Å². The van der Waals surface area contributed by atoms with Crippen molar-refractivity contribution in [3.05, 3.63) is 88.2 Å². The molecule has 3 N–H and O–H groups in total. The van der Waals surface area contributed by atoms with Gasteiger partial charge in [-0.1, -0.05) is 53.5 Å². The van der Waals surface area contributed by atoms with Gasteiger partial charge in [0.2, 0.25) is 17.6 Å². The second-order valence-electron chi connectivity index (χ2n) is 10.3. The highest BCUT2D eigenvalue weighted by Crippen LogP contribution is 2.33. The highest BCUT2D eigenvalue weighted by atomic mass is 35.5. The first-order valence-electron chi connectivity index (χ1n) is 13.8. The molecule has 0 spiro atoms. The van der Waals surface area contributed by atoms with Crippen LogP contribution in [-0.4, -0.2) is 70.6 Å². The Bertz CT molecular complexity index is 1880. The molecule has 1 aliphatic heterocycles. The molecule has 1 aromatic heterocycles. The summed E-state index contributed by atoms with van der Waals surface area (Å²) in [6.45, 7) is 0.374. The average molecular weight is 666 g/mol. The molecule has 0 saturated carbocycles. The van der Waals surface area contributed by atoms with E-state index in [-0.39, 0.29) is 38.9 Å². The van der Waals surface area contributed by atoms with E-state index in [1.807, 2.05) is 0 Å². The Hall–Kier alpha value is -5.27. The first-order chi connectivity index (χ1) is 21.9. The number of oxazole rings is 1. The number of carbonyl (C=O) groups is 6. The molecule has 0 bridgehead atoms. The van der Waals surface area contributed by atoms with Gasteiger partial charge in [-0.15, -0.1) is 0 Å². The van der Waals surface area contributed by atoms with Crippen molar-refractivity contribution in [2.45, 2.75) is 25.4 Å². The van der Waals surface area contributed by atoms with Crippen molar-refractivity contribution in [2.24, 2.45) is 0 Å². The molecule has 13 nitrogen and oxygen atoms in total. The third-order valence-electron chi connectivity index (χ3n) is 7.07. The van der Waals surface area contributed by atoms with Crippen LogP contribution in [0.4, 0.5) is 11.4 Å². The molecule has 2 heterocycles. The number of amides is 4. The number of anilines is 2. The smallest absolute Gasteiger partial charge is 0.305 e. The summed E-state index contributed by atoms with van der Waals surface area (Å²) in [7, 11) is 0. The van der Waals surface area contributed by atoms with Gasteiger partial charge < -0.3 is 25.1 Å². The molecule has 46 heavy (non-hydrogen) atoms. The minimum absolute atomic E-state index is 0.0419. The number of ketones is 1. The topological polar surface area (TPSA) is 179 Å². The Morgan fingerprint density at radius 2 is 1.70 bits per heavy atom. The zero-order chi connectivity index (χ0) is 33.1. The third-order valence-corrected chi connectivity index (χ3v) is 7.57. The summed E-state index contributed by atoms with van der Waals surface area (Å²) < 4.78 is 5.47. The molecule has 2 atom stereocenters. The lowest BCUT2D eigenvalue weighted by Crippen LogP contribution is -2.55. The van der Waals surface area contributed by atoms with Crippen LogP contribution in [0, 0.1) is 0 Å². The number of hydrogen-bond acceptors (Lipinski definition) is 8. The Kier molecular flexibility index (Phi) is 9.35. The molecule has 4 amide bonds. The third kappa shape index (κ3) is 6.85. The number of carboxylic acid groups (broad SMARTS) is 1. The van der Waals surface area contributed by atoms with E-state index < -0.39 is 66.3 Å². The lowest BCUT2D eigenvalue weighted by molar-refractivity contribution is -0.137. The molecule has 0 saturated heterocycles. The molecule has 4 aromatic rings. The summed E-state index contributed by atoms with van der Waals surface area (Å²) in [5.41, 5.74) is 0.939. The molecule has 0 aliphatic carbocycles. The van der Waals surface area contributed by atoms with Crippen molar-refractivity contribution in [2.75, 3.05) is 22.9 Å². The first kappa shape index (κ1) is 32.1. The maximum atomic E-state index is 13.9. The molecule has 1 unspecified atom stereocenters. The Morgan fingerprint density at radius 3 is 2.37 bits per heavy atom. The van der Waals surface area contributed by atoms with E-state index in [0.717, 1.165) is 4.90 Å². The van der Waals surface area contributed by atoms with Gasteiger partial charge in [0.1, 0.15) is 24.1 Å². The summed E-state index contributed by atoms with van der Waals surface area (Å²) in [6.07, 6.45) is -0.837. The fraction of sp³-hybridized carbons (Fsp3) is 0.194. The van der Waals surface area contributed by atoms with Gasteiger partial charge in [0, 0.05) is 17.5 Å². The predicted molar refractivity (Wildman–Crippen MR) is 167 cm³/mol. The van der Waals surface area contributed by atoms with Crippen LogP contribution in [0.25, 0.3) is 11.1 Å². The van der Waals surface area contributed by atoms with E-state index in [4.69, 9.17) is 27.6 Å². The maximum absolute atomic E-state index is 13.9. The number of carbonyl (C=O) groups excluding carboxylic acids is 5. The van der Waals surface area contributed by atoms with Gasteiger partial charge in [-0.25, -0.2) is 4.98 Å². The Labute approximate surface area is 271 Å². The fourth-order valence-electron chi connectivity index (χ4n) is 4.97. The van der Waals surface area contributed by atoms with Gasteiger partial charge in [0.15, 0.2) is 5.58 Å². The fourth-order valence-corrected chi connectivity index (χ4v) is 5.49. The van der Waals surface area contributed by atoms with Crippen molar-refractivity contribution in [3.8, 4) is 0 Å². The van der Waals surface area contributed by atoms with Crippen LogP contribution in [0.15, 0.2) is 71.1 Å². The molecule has 3 aromatic carbocycles. The zero-order valence-electron chi connectivity index (χ0n) is 24.0. The van der Waals surface area contributed by atoms with E-state index in [9.17, 15) is 33.9 Å². The van der Waals surface area contributed by atoms with Crippen LogP contribution < -0.4 is 20.4 Å². The van der Waals surface area contributed by atoms with Crippen LogP contribution >= 0.6 is 23.2 Å². The quantitative estimate of drug-likeness (QED) is 0.226. The van der Waals surface area contributed by atoms with Gasteiger partial charge >= 0.3 is 5.97 Å². The number of nitrogens with zero attached hydrogens (tertiary/aromatic N) is 3. The summed E-state index contributed by atoms with van der Waals surface area (Å²) in [4.78, 5) is 84.5. The van der Waals surface area contributed by atoms with Crippen molar-refractivity contribution in [3.63, 3.8) is 0 Å². The molecular formula is C31H25Cl2N5O8. The highest BCUT2D eigenvalue weighted by Gasteiger charge is 2.38. The van der Waals surface area contributed by atoms with Crippen LogP contribution in [0.5, 0.6) is 0 Å². The maximum Gasteiger partial charge on any atom is 0.305 e. The number of rotatable bonds is 9. The van der Waals surface area contributed by atoms with Crippen LogP contribution in [0.3, 0.4) is 0 Å². The van der Waals surface area contributed by atoms with Gasteiger partial charge in [-0.3, -0.25) is 33.7 Å². The van der Waals surface area contributed by atoms with Crippen molar-refractivity contribution in [1.82, 2.24) is 15.6 Å². The summed E-state index contributed by atoms with van der Waals surface area (Å²) in [5.74, 6) is -5.51. The van der Waals surface area contributed by atoms with Gasteiger partial charge in [-0.05, 0) is 36.4 Å². The number of hydrogen-bond donors (Lipinski definition) is 3. The number of halogens is 2. The number of Topliss-reactive ketones (excluding diaryl/α,β-unsaturated/α-hetero) is 1. The van der Waals surface area contributed by atoms with Gasteiger partial charge in [0.25, 0.3) is 17.7 Å². The van der Waals surface area contributed by atoms with Crippen molar-refractivity contribution in [1.29, 1.82) is 0 Å². The number of fused-ring (bicyclic) bond motifs is 2. The predicted octanol–water partition coefficient (Wildman–Crippen LogP) is 3.48. The molecule has 0 fully saturated rings. The lowest BCUT2D eigenvalue weighted by Gasteiger charge is -2.26. The molecule has 1 aliphatic rings. The highest BCUT2D eigenvalue weighted by molar-refractivity contribution is 6.38. The second-order valence-corrected chi connectivity index (χ2v) is 11.1. The number of para-hydroxylation sites is 2. The minimum Gasteiger partial charge on any atom is -0.481 e. The van der Waals surface area contributed by atoms with E-state index in [1.54, 1.807) is 48.5 Å². The Balaban J connectivity index is 1.43. The summed E-state index contributed by atoms with van der Waals surface area (Å²) in [6, 6.07) is 14.3. The minimum atomic E-state index is -1.65. The number of aliphatic carboxylic acids is 1. The number of aromatic nitrogens is 1. The monoisotopic (exact) mass is 665 g/mol. The average Bonchev–Trinajstić information content (AvgIpc) is 3.41. The van der Waals surface area contributed by atoms with Crippen molar-refractivity contribution >= 4 is 81.1 Å². The first-order valence-corrected chi connectivity index (χ1v) is 14.5. The van der Waals surface area contributed by atoms with Crippen LogP contribution in [0.2, 0.25) is 10.0 Å². The molecule has 0 radical (unpaired) electrons. The normalized spacial score (nSPS) is 15.1. The van der Waals surface area contributed by atoms with Crippen LogP contribution in [0.1, 0.15) is 34.4 Å². The summed E-state index contributed by atoms with van der Waals surface area (Å²) in [5, 5.41) is 14.8. The van der Waals surface area contributed by atoms with E-state index in [1.165, 1.54) is 30.0 Å². The standard InChI is InChI=1S/C31H25Cl2N5O8/c1-16(39)37-14-22(35-29(44)17-7-3-2-4-8-17)31(45)38(24-10-6-5-9-23(24)37)15-25(40)34-20(13-26(41)42)27(43)30-36-21-12-18(32)11-19(33)28(21)46-30/h2-12,20,22H,13-15H2,1H3,(H,34,40)(H,35,44)(H,41,42)/t20-,22?/m0/s1. The van der Waals surface area contributed by atoms with Gasteiger partial charge in [0.05, 0.1) is 29.4 Å². The van der Waals surface area contributed by atoms with Crippen LogP contribution in [-0.2, 0) is 19.2 Å². The number of nitrogens with one attached hydrogen (secondary N) is 2. The zero-order valence-corrected chi connectivity index (χ0v) is 25.5. The molecule has 236 valence electrons. The van der Waals surface area contributed by atoms with E-state index in [2.05, 4.69) is 15.6 Å². The molecular weight excluding hydrogens is 641 g/mol. The number of benzene rings is 3. The lowest BCUT2D eigenvalue weighted by atomic mass is 10.1. The van der Waals surface area contributed by atoms with E-state index in [0.29, 0.717) is 5.69 Å². The second kappa shape index (κ2) is 13.4.